The predicted molar refractivity (Wildman–Crippen MR) is 159 cm³/mol. The minimum atomic E-state index is -1.08. The number of aromatic carboxylic acids is 1. The fourth-order valence-corrected chi connectivity index (χ4v) is 5.08. The molecule has 236 valence electrons. The van der Waals surface area contributed by atoms with Gasteiger partial charge in [-0.25, -0.2) is 27.9 Å². The molecular weight excluding hydrogens is 603 g/mol. The zero-order valence-corrected chi connectivity index (χ0v) is 24.6. The Bertz CT molecular complexity index is 1960. The first-order valence-corrected chi connectivity index (χ1v) is 14.4. The summed E-state index contributed by atoms with van der Waals surface area (Å²) in [7, 11) is 0. The number of imidazole rings is 1. The molecular formula is C33H28F3N5O5. The number of ether oxygens (including phenoxy) is 2. The van der Waals surface area contributed by atoms with E-state index in [1.165, 1.54) is 43.5 Å². The third-order valence-corrected chi connectivity index (χ3v) is 7.62. The largest absolute Gasteiger partial charge is 0.478 e. The summed E-state index contributed by atoms with van der Waals surface area (Å²) in [5.74, 6) is -2.81. The van der Waals surface area contributed by atoms with Crippen LogP contribution in [0.5, 0.6) is 5.88 Å². The SMILES string of the molecule is CC(=O)NCc1cc(F)c(COc2cccc(-c3cc(F)c(Cc4nc5ccc(C(=O)O)cc5n4CC4CCO4)cc3F)n2)cn1. The number of hydrogen-bond donors (Lipinski definition) is 2. The molecule has 0 aliphatic carbocycles. The molecule has 0 radical (unpaired) electrons. The van der Waals surface area contributed by atoms with E-state index in [9.17, 15) is 19.1 Å². The lowest BCUT2D eigenvalue weighted by molar-refractivity contribution is -0.119. The van der Waals surface area contributed by atoms with Crippen molar-refractivity contribution >= 4 is 22.9 Å². The number of nitrogens with zero attached hydrogens (tertiary/aromatic N) is 4. The van der Waals surface area contributed by atoms with Crippen LogP contribution in [0.2, 0.25) is 0 Å². The molecule has 2 N–H and O–H groups in total. The molecule has 0 bridgehead atoms. The number of carboxylic acid groups (broad SMARTS) is 1. The van der Waals surface area contributed by atoms with Gasteiger partial charge in [0.25, 0.3) is 0 Å². The first-order valence-electron chi connectivity index (χ1n) is 14.4. The van der Waals surface area contributed by atoms with Crippen LogP contribution in [0.3, 0.4) is 0 Å². The standard InChI is InChI=1S/C33H28F3N5O5/c1-18(42)37-15-22-12-25(34)21(14-38-22)17-46-32-4-2-3-28(40-32)24-13-26(35)20(9-27(24)36)11-31-39-29-6-5-19(33(43)44)10-30(29)41(31)16-23-7-8-45-23/h2-6,9-10,12-14,23H,7-8,11,15-17H2,1H3,(H,37,42)(H,43,44). The molecule has 2 aromatic carbocycles. The van der Waals surface area contributed by atoms with Crippen LogP contribution in [-0.2, 0) is 35.6 Å². The highest BCUT2D eigenvalue weighted by molar-refractivity contribution is 5.92. The lowest BCUT2D eigenvalue weighted by Gasteiger charge is -2.27. The Kier molecular flexibility index (Phi) is 8.66. The number of fused-ring (bicyclic) bond motifs is 1. The minimum Gasteiger partial charge on any atom is -0.478 e. The lowest BCUT2D eigenvalue weighted by Crippen LogP contribution is -2.31. The first-order chi connectivity index (χ1) is 22.1. The summed E-state index contributed by atoms with van der Waals surface area (Å²) in [6.45, 7) is 2.24. The summed E-state index contributed by atoms with van der Waals surface area (Å²) in [5.41, 5.74) is 1.76. The minimum absolute atomic E-state index is 0.0490. The van der Waals surface area contributed by atoms with Gasteiger partial charge < -0.3 is 24.5 Å². The Labute approximate surface area is 260 Å². The average molecular weight is 632 g/mol. The van der Waals surface area contributed by atoms with E-state index in [1.807, 2.05) is 0 Å². The van der Waals surface area contributed by atoms with Crippen molar-refractivity contribution < 1.29 is 37.3 Å². The molecule has 5 aromatic rings. The summed E-state index contributed by atoms with van der Waals surface area (Å²) in [6.07, 6.45) is 1.98. The number of nitrogens with one attached hydrogen (secondary N) is 1. The molecule has 1 aliphatic heterocycles. The zero-order chi connectivity index (χ0) is 32.4. The molecule has 1 amide bonds. The van der Waals surface area contributed by atoms with E-state index < -0.39 is 23.4 Å². The third-order valence-electron chi connectivity index (χ3n) is 7.62. The summed E-state index contributed by atoms with van der Waals surface area (Å²) in [4.78, 5) is 35.7. The Morgan fingerprint density at radius 2 is 1.85 bits per heavy atom. The molecule has 3 aromatic heterocycles. The van der Waals surface area contributed by atoms with E-state index in [2.05, 4.69) is 20.3 Å². The highest BCUT2D eigenvalue weighted by Crippen LogP contribution is 2.29. The van der Waals surface area contributed by atoms with Crippen molar-refractivity contribution in [2.24, 2.45) is 0 Å². The Morgan fingerprint density at radius 1 is 1.04 bits per heavy atom. The van der Waals surface area contributed by atoms with Gasteiger partial charge in [0.05, 0.1) is 47.2 Å². The molecule has 10 nitrogen and oxygen atoms in total. The molecule has 1 saturated heterocycles. The number of aromatic nitrogens is 4. The molecule has 6 rings (SSSR count). The number of rotatable bonds is 11. The van der Waals surface area contributed by atoms with Gasteiger partial charge in [0, 0.05) is 43.3 Å². The Hall–Kier alpha value is -5.30. The number of hydrogen-bond acceptors (Lipinski definition) is 7. The maximum absolute atomic E-state index is 15.5. The number of halogens is 3. The van der Waals surface area contributed by atoms with Crippen molar-refractivity contribution in [2.45, 2.75) is 45.6 Å². The third kappa shape index (κ3) is 6.69. The van der Waals surface area contributed by atoms with Gasteiger partial charge in [-0.2, -0.15) is 0 Å². The van der Waals surface area contributed by atoms with E-state index in [1.54, 1.807) is 16.7 Å². The van der Waals surface area contributed by atoms with Crippen LogP contribution in [0.4, 0.5) is 13.2 Å². The highest BCUT2D eigenvalue weighted by atomic mass is 19.1. The van der Waals surface area contributed by atoms with Crippen molar-refractivity contribution in [1.82, 2.24) is 24.8 Å². The van der Waals surface area contributed by atoms with Crippen LogP contribution in [0.15, 0.2) is 60.8 Å². The van der Waals surface area contributed by atoms with Crippen LogP contribution in [0.25, 0.3) is 22.3 Å². The molecule has 0 saturated carbocycles. The van der Waals surface area contributed by atoms with E-state index in [0.717, 1.165) is 18.6 Å². The van der Waals surface area contributed by atoms with Gasteiger partial charge >= 0.3 is 5.97 Å². The molecule has 1 fully saturated rings. The van der Waals surface area contributed by atoms with Crippen molar-refractivity contribution in [3.63, 3.8) is 0 Å². The Balaban J connectivity index is 1.21. The van der Waals surface area contributed by atoms with Gasteiger partial charge in [0.2, 0.25) is 11.8 Å². The second kappa shape index (κ2) is 13.0. The van der Waals surface area contributed by atoms with Crippen LogP contribution < -0.4 is 10.1 Å². The van der Waals surface area contributed by atoms with Gasteiger partial charge in [-0.15, -0.1) is 0 Å². The monoisotopic (exact) mass is 631 g/mol. The Morgan fingerprint density at radius 3 is 2.57 bits per heavy atom. The number of benzene rings is 2. The first kappa shape index (κ1) is 30.7. The maximum Gasteiger partial charge on any atom is 0.335 e. The molecule has 1 unspecified atom stereocenters. The van der Waals surface area contributed by atoms with Crippen LogP contribution in [0, 0.1) is 17.5 Å². The number of carboxylic acids is 1. The summed E-state index contributed by atoms with van der Waals surface area (Å²) in [5, 5.41) is 12.0. The fraction of sp³-hybridized carbons (Fsp3) is 0.242. The summed E-state index contributed by atoms with van der Waals surface area (Å²) >= 11 is 0. The number of carbonyl (C=O) groups excluding carboxylic acids is 1. The van der Waals surface area contributed by atoms with Gasteiger partial charge in [-0.3, -0.25) is 9.78 Å². The molecule has 4 heterocycles. The lowest BCUT2D eigenvalue weighted by atomic mass is 10.0. The second-order valence-corrected chi connectivity index (χ2v) is 10.9. The van der Waals surface area contributed by atoms with Gasteiger partial charge in [-0.05, 0) is 54.4 Å². The van der Waals surface area contributed by atoms with Gasteiger partial charge in [0.15, 0.2) is 0 Å². The molecule has 0 spiro atoms. The average Bonchev–Trinajstić information content (AvgIpc) is 3.35. The second-order valence-electron chi connectivity index (χ2n) is 10.9. The van der Waals surface area contributed by atoms with Crippen LogP contribution >= 0.6 is 0 Å². The molecule has 1 atom stereocenters. The van der Waals surface area contributed by atoms with Crippen molar-refractivity contribution in [3.05, 3.63) is 106 Å². The van der Waals surface area contributed by atoms with Gasteiger partial charge in [-0.1, -0.05) is 6.07 Å². The van der Waals surface area contributed by atoms with Crippen molar-refractivity contribution in [3.8, 4) is 17.1 Å². The van der Waals surface area contributed by atoms with Crippen molar-refractivity contribution in [1.29, 1.82) is 0 Å². The fourth-order valence-electron chi connectivity index (χ4n) is 5.08. The van der Waals surface area contributed by atoms with E-state index in [4.69, 9.17) is 9.47 Å². The zero-order valence-electron chi connectivity index (χ0n) is 24.6. The number of carbonyl (C=O) groups is 2. The smallest absolute Gasteiger partial charge is 0.335 e. The molecule has 13 heteroatoms. The molecule has 46 heavy (non-hydrogen) atoms. The van der Waals surface area contributed by atoms with Gasteiger partial charge in [0.1, 0.15) is 29.9 Å². The summed E-state index contributed by atoms with van der Waals surface area (Å²) < 4.78 is 58.5. The normalized spacial score (nSPS) is 14.2. The van der Waals surface area contributed by atoms with Crippen LogP contribution in [0.1, 0.15) is 46.3 Å². The highest BCUT2D eigenvalue weighted by Gasteiger charge is 2.24. The van der Waals surface area contributed by atoms with E-state index in [0.29, 0.717) is 35.7 Å². The quantitative estimate of drug-likeness (QED) is 0.204. The molecule has 1 aliphatic rings. The van der Waals surface area contributed by atoms with Crippen molar-refractivity contribution in [2.75, 3.05) is 6.61 Å². The number of pyridine rings is 2. The van der Waals surface area contributed by atoms with E-state index >= 15 is 8.78 Å². The van der Waals surface area contributed by atoms with E-state index in [-0.39, 0.29) is 65.4 Å². The predicted octanol–water partition coefficient (Wildman–Crippen LogP) is 5.20. The maximum atomic E-state index is 15.5. The summed E-state index contributed by atoms with van der Waals surface area (Å²) in [6, 6.07) is 12.5. The number of amides is 1. The van der Waals surface area contributed by atoms with Crippen LogP contribution in [-0.4, -0.2) is 49.2 Å². The topological polar surface area (TPSA) is 128 Å².